The number of aryl methyl sites for hydroxylation is 1. The Labute approximate surface area is 166 Å². The van der Waals surface area contributed by atoms with Gasteiger partial charge in [0.1, 0.15) is 0 Å². The Hall–Kier alpha value is -2.37. The summed E-state index contributed by atoms with van der Waals surface area (Å²) in [6, 6.07) is 9.87. The van der Waals surface area contributed by atoms with Gasteiger partial charge < -0.3 is 4.90 Å². The summed E-state index contributed by atoms with van der Waals surface area (Å²) in [7, 11) is 1.69. The van der Waals surface area contributed by atoms with Gasteiger partial charge >= 0.3 is 5.69 Å². The van der Waals surface area contributed by atoms with Crippen molar-refractivity contribution in [1.82, 2.24) is 19.2 Å². The van der Waals surface area contributed by atoms with E-state index in [1.807, 2.05) is 35.2 Å². The first-order valence-corrected chi connectivity index (χ1v) is 10.6. The Morgan fingerprint density at radius 2 is 1.82 bits per heavy atom. The molecule has 0 N–H and O–H groups in total. The Kier molecular flexibility index (Phi) is 5.64. The molecule has 1 aliphatic carbocycles. The zero-order valence-electron chi connectivity index (χ0n) is 16.7. The summed E-state index contributed by atoms with van der Waals surface area (Å²) < 4.78 is 3.15. The molecule has 1 amide bonds. The van der Waals surface area contributed by atoms with Gasteiger partial charge in [-0.1, -0.05) is 49.6 Å². The molecule has 1 saturated carbocycles. The number of rotatable bonds is 5. The van der Waals surface area contributed by atoms with Gasteiger partial charge in [0.05, 0.1) is 12.6 Å². The van der Waals surface area contributed by atoms with Crippen LogP contribution in [0.5, 0.6) is 0 Å². The molecule has 0 unspecified atom stereocenters. The molecule has 2 aliphatic rings. The predicted octanol–water partition coefficient (Wildman–Crippen LogP) is 3.26. The molecule has 1 aliphatic heterocycles. The number of aromatic nitrogens is 3. The van der Waals surface area contributed by atoms with Crippen molar-refractivity contribution in [3.8, 4) is 0 Å². The molecule has 0 spiro atoms. The molecule has 2 heterocycles. The second-order valence-corrected chi connectivity index (χ2v) is 8.29. The highest BCUT2D eigenvalue weighted by Gasteiger charge is 2.35. The molecular weight excluding hydrogens is 352 g/mol. The van der Waals surface area contributed by atoms with E-state index in [1.165, 1.54) is 36.8 Å². The van der Waals surface area contributed by atoms with Gasteiger partial charge in [0.2, 0.25) is 5.91 Å². The van der Waals surface area contributed by atoms with Gasteiger partial charge in [-0.25, -0.2) is 9.48 Å². The lowest BCUT2D eigenvalue weighted by Crippen LogP contribution is -2.34. The van der Waals surface area contributed by atoms with Crippen LogP contribution in [-0.2, 0) is 18.4 Å². The number of hydrogen-bond acceptors (Lipinski definition) is 3. The minimum atomic E-state index is -0.120. The average molecular weight is 383 g/mol. The molecule has 1 aromatic carbocycles. The number of likely N-dealkylation sites (tertiary alicyclic amines) is 1. The fraction of sp³-hybridized carbons (Fsp3) is 0.591. The van der Waals surface area contributed by atoms with Crippen molar-refractivity contribution in [2.45, 2.75) is 64.0 Å². The number of amides is 1. The van der Waals surface area contributed by atoms with E-state index in [9.17, 15) is 9.59 Å². The number of carbonyl (C=O) groups excluding carboxylic acids is 1. The molecule has 1 aromatic heterocycles. The van der Waals surface area contributed by atoms with Gasteiger partial charge in [-0.15, -0.1) is 0 Å². The largest absolute Gasteiger partial charge is 0.346 e. The lowest BCUT2D eigenvalue weighted by molar-refractivity contribution is -0.133. The summed E-state index contributed by atoms with van der Waals surface area (Å²) in [5.41, 5.74) is 0.947. The molecule has 28 heavy (non-hydrogen) atoms. The van der Waals surface area contributed by atoms with Gasteiger partial charge in [-0.2, -0.15) is 5.10 Å². The molecule has 1 atom stereocenters. The summed E-state index contributed by atoms with van der Waals surface area (Å²) >= 11 is 0. The molecule has 150 valence electrons. The fourth-order valence-electron chi connectivity index (χ4n) is 4.77. The Morgan fingerprint density at radius 1 is 1.07 bits per heavy atom. The summed E-state index contributed by atoms with van der Waals surface area (Å²) in [4.78, 5) is 27.8. The Balaban J connectivity index is 1.56. The normalized spacial score (nSPS) is 20.6. The van der Waals surface area contributed by atoms with E-state index in [2.05, 4.69) is 5.10 Å². The third-order valence-corrected chi connectivity index (χ3v) is 6.28. The molecule has 6 nitrogen and oxygen atoms in total. The number of nitrogens with zero attached hydrogens (tertiary/aromatic N) is 4. The van der Waals surface area contributed by atoms with Crippen LogP contribution >= 0.6 is 0 Å². The van der Waals surface area contributed by atoms with E-state index in [-0.39, 0.29) is 17.6 Å². The second-order valence-electron chi connectivity index (χ2n) is 8.29. The first kappa shape index (κ1) is 19.0. The van der Waals surface area contributed by atoms with Crippen LogP contribution in [0.25, 0.3) is 0 Å². The minimum Gasteiger partial charge on any atom is -0.332 e. The Morgan fingerprint density at radius 3 is 2.57 bits per heavy atom. The smallest absolute Gasteiger partial charge is 0.332 e. The average Bonchev–Trinajstić information content (AvgIpc) is 3.30. The molecule has 0 radical (unpaired) electrons. The summed E-state index contributed by atoms with van der Waals surface area (Å²) in [6.07, 6.45) is 8.64. The lowest BCUT2D eigenvalue weighted by Gasteiger charge is -2.28. The predicted molar refractivity (Wildman–Crippen MR) is 108 cm³/mol. The van der Waals surface area contributed by atoms with E-state index in [0.29, 0.717) is 18.9 Å². The topological polar surface area (TPSA) is 60.1 Å². The van der Waals surface area contributed by atoms with E-state index < -0.39 is 0 Å². The van der Waals surface area contributed by atoms with Crippen LogP contribution in [0.15, 0.2) is 35.1 Å². The third-order valence-electron chi connectivity index (χ3n) is 6.28. The minimum absolute atomic E-state index is 0.0892. The van der Waals surface area contributed by atoms with Crippen LogP contribution in [0, 0.1) is 5.92 Å². The molecule has 2 aromatic rings. The SMILES string of the molecule is Cn1nc([C@@H]2CCCN2C(=O)CC2CCCCC2)n(Cc2ccccc2)c1=O. The molecule has 1 saturated heterocycles. The fourth-order valence-corrected chi connectivity index (χ4v) is 4.77. The van der Waals surface area contributed by atoms with Crippen LogP contribution in [0.3, 0.4) is 0 Å². The summed E-state index contributed by atoms with van der Waals surface area (Å²) in [6.45, 7) is 1.26. The van der Waals surface area contributed by atoms with Crippen LogP contribution < -0.4 is 5.69 Å². The lowest BCUT2D eigenvalue weighted by atomic mass is 9.86. The van der Waals surface area contributed by atoms with E-state index in [0.717, 1.165) is 30.8 Å². The molecule has 2 fully saturated rings. The number of carbonyl (C=O) groups is 1. The monoisotopic (exact) mass is 382 g/mol. The molecule has 4 rings (SSSR count). The van der Waals surface area contributed by atoms with Crippen LogP contribution in [0.1, 0.15) is 68.8 Å². The Bertz CT molecular complexity index is 864. The van der Waals surface area contributed by atoms with Gasteiger partial charge in [0.15, 0.2) is 5.82 Å². The van der Waals surface area contributed by atoms with Crippen molar-refractivity contribution in [1.29, 1.82) is 0 Å². The van der Waals surface area contributed by atoms with Crippen LogP contribution in [-0.4, -0.2) is 31.7 Å². The van der Waals surface area contributed by atoms with Gasteiger partial charge in [-0.3, -0.25) is 9.36 Å². The zero-order valence-corrected chi connectivity index (χ0v) is 16.7. The van der Waals surface area contributed by atoms with Crippen molar-refractivity contribution >= 4 is 5.91 Å². The highest BCUT2D eigenvalue weighted by atomic mass is 16.2. The quantitative estimate of drug-likeness (QED) is 0.797. The standard InChI is InChI=1S/C22H30N4O2/c1-24-22(28)26(16-18-11-6-3-7-12-18)21(23-24)19-13-8-14-25(19)20(27)15-17-9-4-2-5-10-17/h3,6-7,11-12,17,19H,2,4-5,8-10,13-16H2,1H3/t19-/m0/s1. The van der Waals surface area contributed by atoms with Crippen LogP contribution in [0.2, 0.25) is 0 Å². The van der Waals surface area contributed by atoms with Crippen molar-refractivity contribution in [2.24, 2.45) is 13.0 Å². The summed E-state index contributed by atoms with van der Waals surface area (Å²) in [5.74, 6) is 1.49. The molecule has 0 bridgehead atoms. The van der Waals surface area contributed by atoms with Crippen molar-refractivity contribution in [2.75, 3.05) is 6.54 Å². The van der Waals surface area contributed by atoms with Crippen molar-refractivity contribution in [3.63, 3.8) is 0 Å². The molecule has 6 heteroatoms. The second kappa shape index (κ2) is 8.33. The zero-order chi connectivity index (χ0) is 19.5. The first-order valence-electron chi connectivity index (χ1n) is 10.6. The number of hydrogen-bond donors (Lipinski definition) is 0. The summed E-state index contributed by atoms with van der Waals surface area (Å²) in [5, 5.41) is 4.54. The highest BCUT2D eigenvalue weighted by Crippen LogP contribution is 2.33. The maximum atomic E-state index is 13.1. The van der Waals surface area contributed by atoms with Crippen LogP contribution in [0.4, 0.5) is 0 Å². The van der Waals surface area contributed by atoms with E-state index in [4.69, 9.17) is 0 Å². The number of benzene rings is 1. The van der Waals surface area contributed by atoms with Crippen molar-refractivity contribution < 1.29 is 4.79 Å². The van der Waals surface area contributed by atoms with E-state index in [1.54, 1.807) is 11.6 Å². The van der Waals surface area contributed by atoms with Crippen molar-refractivity contribution in [3.05, 3.63) is 52.2 Å². The third kappa shape index (κ3) is 3.91. The highest BCUT2D eigenvalue weighted by molar-refractivity contribution is 5.77. The maximum Gasteiger partial charge on any atom is 0.346 e. The van der Waals surface area contributed by atoms with Gasteiger partial charge in [0.25, 0.3) is 0 Å². The molecular formula is C22H30N4O2. The first-order chi connectivity index (χ1) is 13.6. The van der Waals surface area contributed by atoms with Gasteiger partial charge in [-0.05, 0) is 37.2 Å². The van der Waals surface area contributed by atoms with Gasteiger partial charge in [0, 0.05) is 20.0 Å². The van der Waals surface area contributed by atoms with E-state index >= 15 is 0 Å². The maximum absolute atomic E-state index is 13.1.